The molecule has 1 heterocycles. The molecule has 5 nitrogen and oxygen atoms in total. The van der Waals surface area contributed by atoms with Crippen LogP contribution in [0.25, 0.3) is 16.8 Å². The Kier molecular flexibility index (Phi) is 5.08. The van der Waals surface area contributed by atoms with E-state index >= 15 is 0 Å². The largest absolute Gasteiger partial charge is 0.465 e. The first kappa shape index (κ1) is 17.4. The van der Waals surface area contributed by atoms with Gasteiger partial charge in [0.2, 0.25) is 0 Å². The fourth-order valence-electron chi connectivity index (χ4n) is 2.64. The smallest absolute Gasteiger partial charge is 0.340 e. The Labute approximate surface area is 150 Å². The molecule has 1 aromatic heterocycles. The van der Waals surface area contributed by atoms with E-state index in [1.165, 1.54) is 13.3 Å². The maximum atomic E-state index is 12.6. The number of aromatic nitrogens is 1. The summed E-state index contributed by atoms with van der Waals surface area (Å²) in [6.07, 6.45) is 4.95. The number of fused-ring (bicyclic) bond motifs is 1. The second kappa shape index (κ2) is 7.61. The van der Waals surface area contributed by atoms with Crippen LogP contribution in [0.1, 0.15) is 22.8 Å². The number of carbonyl (C=O) groups is 1. The van der Waals surface area contributed by atoms with Crippen molar-refractivity contribution in [3.63, 3.8) is 0 Å². The summed E-state index contributed by atoms with van der Waals surface area (Å²) in [5.74, 6) is -0.512. The molecule has 0 aliphatic heterocycles. The van der Waals surface area contributed by atoms with Crippen LogP contribution in [0.15, 0.2) is 76.3 Å². The van der Waals surface area contributed by atoms with Gasteiger partial charge in [0.25, 0.3) is 5.56 Å². The molecular formula is C21H18N2O3. The van der Waals surface area contributed by atoms with Gasteiger partial charge in [0.1, 0.15) is 0 Å². The van der Waals surface area contributed by atoms with Crippen LogP contribution < -0.4 is 5.56 Å². The second-order valence-corrected chi connectivity index (χ2v) is 5.77. The lowest BCUT2D eigenvalue weighted by Crippen LogP contribution is -2.19. The van der Waals surface area contributed by atoms with Crippen molar-refractivity contribution in [3.8, 4) is 0 Å². The second-order valence-electron chi connectivity index (χ2n) is 5.77. The highest BCUT2D eigenvalue weighted by Gasteiger charge is 2.14. The van der Waals surface area contributed by atoms with Gasteiger partial charge in [0, 0.05) is 17.0 Å². The molecule has 0 saturated carbocycles. The van der Waals surface area contributed by atoms with Crippen molar-refractivity contribution in [1.82, 2.24) is 4.68 Å². The first-order chi connectivity index (χ1) is 12.6. The van der Waals surface area contributed by atoms with E-state index in [1.54, 1.807) is 30.5 Å². The number of nitrogens with zero attached hydrogens (tertiary/aromatic N) is 2. The molecule has 0 amide bonds. The van der Waals surface area contributed by atoms with Crippen LogP contribution in [0.3, 0.4) is 0 Å². The molecule has 130 valence electrons. The predicted octanol–water partition coefficient (Wildman–Crippen LogP) is 3.73. The van der Waals surface area contributed by atoms with Crippen LogP contribution in [0, 0.1) is 0 Å². The van der Waals surface area contributed by atoms with Crippen LogP contribution in [-0.2, 0) is 4.74 Å². The molecule has 0 spiro atoms. The number of methoxy groups -OCH3 is 1. The molecule has 2 aromatic carbocycles. The Morgan fingerprint density at radius 2 is 1.69 bits per heavy atom. The quantitative estimate of drug-likeness (QED) is 0.534. The topological polar surface area (TPSA) is 60.7 Å². The number of esters is 1. The Hall–Kier alpha value is -3.47. The summed E-state index contributed by atoms with van der Waals surface area (Å²) in [6, 6.07) is 16.7. The van der Waals surface area contributed by atoms with Gasteiger partial charge < -0.3 is 4.74 Å². The van der Waals surface area contributed by atoms with Gasteiger partial charge in [-0.2, -0.15) is 5.10 Å². The Bertz CT molecular complexity index is 1060. The van der Waals surface area contributed by atoms with Crippen molar-refractivity contribution < 1.29 is 9.53 Å². The predicted molar refractivity (Wildman–Crippen MR) is 104 cm³/mol. The number of pyridine rings is 1. The monoisotopic (exact) mass is 346 g/mol. The van der Waals surface area contributed by atoms with Crippen LogP contribution in [0.4, 0.5) is 0 Å². The number of benzene rings is 2. The minimum Gasteiger partial charge on any atom is -0.465 e. The first-order valence-corrected chi connectivity index (χ1v) is 8.10. The molecule has 0 radical (unpaired) electrons. The Balaban J connectivity index is 2.05. The van der Waals surface area contributed by atoms with Crippen molar-refractivity contribution in [3.05, 3.63) is 87.8 Å². The highest BCUT2D eigenvalue weighted by molar-refractivity contribution is 6.03. The standard InChI is InChI=1S/C21H18N2O3/c1-15(12-16-8-4-3-5-9-16)13-22-23-14-19(21(25)26-2)17-10-6-7-11-18(17)20(23)24/h3-14H,1-2H3/b15-12+,22-13+. The van der Waals surface area contributed by atoms with E-state index in [4.69, 9.17) is 4.74 Å². The Morgan fingerprint density at radius 1 is 1.04 bits per heavy atom. The minimum absolute atomic E-state index is 0.294. The van der Waals surface area contributed by atoms with E-state index in [1.807, 2.05) is 43.3 Å². The van der Waals surface area contributed by atoms with Gasteiger partial charge >= 0.3 is 5.97 Å². The number of rotatable bonds is 4. The lowest BCUT2D eigenvalue weighted by Gasteiger charge is -2.07. The van der Waals surface area contributed by atoms with Gasteiger partial charge in [-0.15, -0.1) is 0 Å². The molecule has 26 heavy (non-hydrogen) atoms. The number of hydrogen-bond donors (Lipinski definition) is 0. The summed E-state index contributed by atoms with van der Waals surface area (Å²) in [4.78, 5) is 24.7. The zero-order chi connectivity index (χ0) is 18.5. The highest BCUT2D eigenvalue weighted by Crippen LogP contribution is 2.16. The lowest BCUT2D eigenvalue weighted by atomic mass is 10.1. The molecule has 3 rings (SSSR count). The minimum atomic E-state index is -0.512. The maximum Gasteiger partial charge on any atom is 0.340 e. The van der Waals surface area contributed by atoms with E-state index < -0.39 is 5.97 Å². The van der Waals surface area contributed by atoms with Crippen molar-refractivity contribution in [2.24, 2.45) is 5.10 Å². The van der Waals surface area contributed by atoms with Crippen molar-refractivity contribution in [2.45, 2.75) is 6.92 Å². The third-order valence-electron chi connectivity index (χ3n) is 3.89. The number of ether oxygens (including phenoxy) is 1. The maximum absolute atomic E-state index is 12.6. The molecule has 5 heteroatoms. The third-order valence-corrected chi connectivity index (χ3v) is 3.89. The van der Waals surface area contributed by atoms with Gasteiger partial charge in [-0.05, 0) is 24.1 Å². The first-order valence-electron chi connectivity index (χ1n) is 8.10. The van der Waals surface area contributed by atoms with Gasteiger partial charge in [-0.1, -0.05) is 54.6 Å². The van der Waals surface area contributed by atoms with E-state index in [2.05, 4.69) is 5.10 Å². The van der Waals surface area contributed by atoms with E-state index in [9.17, 15) is 9.59 Å². The molecule has 0 fully saturated rings. The Morgan fingerprint density at radius 3 is 2.38 bits per heavy atom. The average molecular weight is 346 g/mol. The molecule has 0 bridgehead atoms. The van der Waals surface area contributed by atoms with Crippen molar-refractivity contribution in [2.75, 3.05) is 7.11 Å². The molecule has 0 atom stereocenters. The summed E-state index contributed by atoms with van der Waals surface area (Å²) in [5.41, 5.74) is 1.91. The van der Waals surface area contributed by atoms with Gasteiger partial charge in [-0.25, -0.2) is 9.47 Å². The summed E-state index contributed by atoms with van der Waals surface area (Å²) in [6.45, 7) is 1.89. The van der Waals surface area contributed by atoms with Crippen LogP contribution in [-0.4, -0.2) is 24.0 Å². The SMILES string of the molecule is COC(=O)c1cn(/N=C/C(C)=C/c2ccccc2)c(=O)c2ccccc12. The average Bonchev–Trinajstić information content (AvgIpc) is 2.68. The van der Waals surface area contributed by atoms with E-state index in [0.29, 0.717) is 16.3 Å². The van der Waals surface area contributed by atoms with Gasteiger partial charge in [0.15, 0.2) is 0 Å². The molecule has 0 unspecified atom stereocenters. The third kappa shape index (κ3) is 3.62. The summed E-state index contributed by atoms with van der Waals surface area (Å²) >= 11 is 0. The number of carbonyl (C=O) groups excluding carboxylic acids is 1. The molecular weight excluding hydrogens is 328 g/mol. The lowest BCUT2D eigenvalue weighted by molar-refractivity contribution is 0.0602. The molecule has 0 saturated heterocycles. The molecule has 0 aliphatic rings. The summed E-state index contributed by atoms with van der Waals surface area (Å²) in [7, 11) is 1.31. The molecule has 0 N–H and O–H groups in total. The molecule has 0 aliphatic carbocycles. The summed E-state index contributed by atoms with van der Waals surface area (Å²) in [5, 5.41) is 5.20. The van der Waals surface area contributed by atoms with Gasteiger partial charge in [0.05, 0.1) is 18.9 Å². The van der Waals surface area contributed by atoms with Crippen molar-refractivity contribution in [1.29, 1.82) is 0 Å². The van der Waals surface area contributed by atoms with Crippen molar-refractivity contribution >= 4 is 29.0 Å². The fourth-order valence-corrected chi connectivity index (χ4v) is 2.64. The highest BCUT2D eigenvalue weighted by atomic mass is 16.5. The zero-order valence-corrected chi connectivity index (χ0v) is 14.5. The number of hydrogen-bond acceptors (Lipinski definition) is 4. The molecule has 3 aromatic rings. The summed E-state index contributed by atoms with van der Waals surface area (Å²) < 4.78 is 5.99. The van der Waals surface area contributed by atoms with Crippen LogP contribution in [0.2, 0.25) is 0 Å². The normalized spacial score (nSPS) is 11.8. The fraction of sp³-hybridized carbons (Fsp3) is 0.0952. The van der Waals surface area contributed by atoms with E-state index in [-0.39, 0.29) is 5.56 Å². The van der Waals surface area contributed by atoms with Crippen LogP contribution >= 0.6 is 0 Å². The van der Waals surface area contributed by atoms with Crippen LogP contribution in [0.5, 0.6) is 0 Å². The van der Waals surface area contributed by atoms with Gasteiger partial charge in [-0.3, -0.25) is 4.79 Å². The number of allylic oxidation sites excluding steroid dienone is 1. The zero-order valence-electron chi connectivity index (χ0n) is 14.5. The van der Waals surface area contributed by atoms with E-state index in [0.717, 1.165) is 15.8 Å².